The predicted molar refractivity (Wildman–Crippen MR) is 60.0 cm³/mol. The molecule has 0 bridgehead atoms. The van der Waals surface area contributed by atoms with Gasteiger partial charge >= 0.3 is 0 Å². The molecule has 0 radical (unpaired) electrons. The molecule has 0 aliphatic heterocycles. The van der Waals surface area contributed by atoms with Crippen molar-refractivity contribution in [2.45, 2.75) is 31.3 Å². The van der Waals surface area contributed by atoms with Crippen molar-refractivity contribution >= 4 is 22.4 Å². The zero-order chi connectivity index (χ0) is 9.90. The van der Waals surface area contributed by atoms with Crippen LogP contribution in [0.4, 0.5) is 0 Å². The van der Waals surface area contributed by atoms with Crippen LogP contribution in [0.5, 0.6) is 0 Å². The van der Waals surface area contributed by atoms with E-state index in [-0.39, 0.29) is 30.2 Å². The second-order valence-corrected chi connectivity index (χ2v) is 5.32. The number of hydrogen-bond donors (Lipinski definition) is 2. The summed E-state index contributed by atoms with van der Waals surface area (Å²) in [5, 5.41) is 0. The van der Waals surface area contributed by atoms with Gasteiger partial charge in [0.05, 0.1) is 5.75 Å². The maximum Gasteiger partial charge on any atom is 0.212 e. The summed E-state index contributed by atoms with van der Waals surface area (Å²) in [5.74, 6) is 0.127. The molecule has 6 heteroatoms. The topological polar surface area (TPSA) is 72.2 Å². The molecule has 1 aliphatic carbocycles. The molecule has 14 heavy (non-hydrogen) atoms. The Labute approximate surface area is 91.4 Å². The van der Waals surface area contributed by atoms with Gasteiger partial charge in [0.25, 0.3) is 0 Å². The molecule has 4 nitrogen and oxygen atoms in total. The Morgan fingerprint density at radius 2 is 2.07 bits per heavy atom. The molecule has 3 N–H and O–H groups in total. The van der Waals surface area contributed by atoms with Crippen LogP contribution in [0.3, 0.4) is 0 Å². The van der Waals surface area contributed by atoms with Gasteiger partial charge in [-0.25, -0.2) is 13.1 Å². The highest BCUT2D eigenvalue weighted by Crippen LogP contribution is 2.18. The van der Waals surface area contributed by atoms with Crippen molar-refractivity contribution in [2.75, 3.05) is 5.75 Å². The van der Waals surface area contributed by atoms with E-state index in [1.807, 2.05) is 0 Å². The van der Waals surface area contributed by atoms with Crippen LogP contribution in [0.15, 0.2) is 12.7 Å². The summed E-state index contributed by atoms with van der Waals surface area (Å²) < 4.78 is 25.2. The maximum atomic E-state index is 11.3. The largest absolute Gasteiger partial charge is 0.328 e. The zero-order valence-corrected chi connectivity index (χ0v) is 9.61. The molecular formula is C8H17ClN2O2S. The van der Waals surface area contributed by atoms with Crippen LogP contribution in [0, 0.1) is 0 Å². The number of sulfonamides is 1. The fourth-order valence-corrected chi connectivity index (χ4v) is 2.60. The minimum atomic E-state index is -3.10. The van der Waals surface area contributed by atoms with Crippen LogP contribution in [0.2, 0.25) is 0 Å². The maximum absolute atomic E-state index is 11.3. The summed E-state index contributed by atoms with van der Waals surface area (Å²) in [7, 11) is -3.10. The van der Waals surface area contributed by atoms with E-state index >= 15 is 0 Å². The Morgan fingerprint density at radius 1 is 1.50 bits per heavy atom. The van der Waals surface area contributed by atoms with Crippen LogP contribution >= 0.6 is 12.4 Å². The van der Waals surface area contributed by atoms with Crippen molar-refractivity contribution < 1.29 is 8.42 Å². The van der Waals surface area contributed by atoms with Crippen molar-refractivity contribution in [1.29, 1.82) is 0 Å². The molecule has 0 atom stereocenters. The van der Waals surface area contributed by atoms with Gasteiger partial charge in [-0.05, 0) is 19.3 Å². The van der Waals surface area contributed by atoms with Crippen molar-refractivity contribution in [1.82, 2.24) is 4.72 Å². The highest BCUT2D eigenvalue weighted by atomic mass is 35.5. The Balaban J connectivity index is 0.00000169. The molecule has 0 saturated heterocycles. The lowest BCUT2D eigenvalue weighted by molar-refractivity contribution is 0.327. The van der Waals surface area contributed by atoms with Crippen molar-refractivity contribution in [2.24, 2.45) is 5.73 Å². The van der Waals surface area contributed by atoms with E-state index in [9.17, 15) is 8.42 Å². The first-order valence-electron chi connectivity index (χ1n) is 4.40. The lowest BCUT2D eigenvalue weighted by Gasteiger charge is -2.32. The van der Waals surface area contributed by atoms with Gasteiger partial charge < -0.3 is 5.73 Å². The van der Waals surface area contributed by atoms with Gasteiger partial charge in [-0.15, -0.1) is 19.0 Å². The van der Waals surface area contributed by atoms with Crippen molar-refractivity contribution in [3.8, 4) is 0 Å². The fourth-order valence-electron chi connectivity index (χ4n) is 1.31. The first-order chi connectivity index (χ1) is 6.03. The SMILES string of the molecule is C=CCCS(=O)(=O)NC1CC(N)C1.Cl. The standard InChI is InChI=1S/C8H16N2O2S.ClH/c1-2-3-4-13(11,12)10-8-5-7(9)6-8;/h2,7-8,10H,1,3-6,9H2;1H. The normalized spacial score (nSPS) is 26.1. The van der Waals surface area contributed by atoms with Crippen LogP contribution in [-0.2, 0) is 10.0 Å². The van der Waals surface area contributed by atoms with Gasteiger partial charge in [-0.1, -0.05) is 6.08 Å². The quantitative estimate of drug-likeness (QED) is 0.683. The van der Waals surface area contributed by atoms with E-state index in [1.165, 1.54) is 0 Å². The van der Waals surface area contributed by atoms with Crippen LogP contribution in [0.25, 0.3) is 0 Å². The third-order valence-corrected chi connectivity index (χ3v) is 3.58. The third kappa shape index (κ3) is 4.41. The first kappa shape index (κ1) is 13.9. The lowest BCUT2D eigenvalue weighted by atomic mass is 9.89. The third-order valence-electron chi connectivity index (χ3n) is 2.11. The molecule has 0 amide bonds. The summed E-state index contributed by atoms with van der Waals surface area (Å²) >= 11 is 0. The molecule has 0 heterocycles. The summed E-state index contributed by atoms with van der Waals surface area (Å²) in [5.41, 5.74) is 5.54. The minimum Gasteiger partial charge on any atom is -0.328 e. The summed E-state index contributed by atoms with van der Waals surface area (Å²) in [6, 6.07) is 0.233. The van der Waals surface area contributed by atoms with Gasteiger partial charge in [-0.3, -0.25) is 0 Å². The average Bonchev–Trinajstić information content (AvgIpc) is 1.98. The van der Waals surface area contributed by atoms with Gasteiger partial charge in [-0.2, -0.15) is 0 Å². The first-order valence-corrected chi connectivity index (χ1v) is 6.05. The molecule has 1 aliphatic rings. The van der Waals surface area contributed by atoms with Gasteiger partial charge in [0.2, 0.25) is 10.0 Å². The van der Waals surface area contributed by atoms with E-state index in [0.717, 1.165) is 12.8 Å². The molecule has 1 fully saturated rings. The second-order valence-electron chi connectivity index (χ2n) is 3.44. The Morgan fingerprint density at radius 3 is 2.50 bits per heavy atom. The van der Waals surface area contributed by atoms with Crippen LogP contribution in [-0.4, -0.2) is 26.3 Å². The smallest absolute Gasteiger partial charge is 0.212 e. The van der Waals surface area contributed by atoms with Crippen LogP contribution < -0.4 is 10.5 Å². The lowest BCUT2D eigenvalue weighted by Crippen LogP contribution is -2.50. The van der Waals surface area contributed by atoms with E-state index < -0.39 is 10.0 Å². The monoisotopic (exact) mass is 240 g/mol. The van der Waals surface area contributed by atoms with E-state index in [0.29, 0.717) is 6.42 Å². The Kier molecular flexibility index (Phi) is 5.66. The number of nitrogens with two attached hydrogens (primary N) is 1. The molecule has 0 aromatic carbocycles. The van der Waals surface area contributed by atoms with E-state index in [4.69, 9.17) is 5.73 Å². The number of allylic oxidation sites excluding steroid dienone is 1. The van der Waals surface area contributed by atoms with E-state index in [2.05, 4.69) is 11.3 Å². The number of rotatable bonds is 5. The Hall–Kier alpha value is -0.100. The van der Waals surface area contributed by atoms with Crippen molar-refractivity contribution in [3.63, 3.8) is 0 Å². The molecule has 0 aromatic heterocycles. The van der Waals surface area contributed by atoms with Crippen molar-refractivity contribution in [3.05, 3.63) is 12.7 Å². The molecule has 84 valence electrons. The van der Waals surface area contributed by atoms with Gasteiger partial charge in [0.1, 0.15) is 0 Å². The highest BCUT2D eigenvalue weighted by molar-refractivity contribution is 7.89. The average molecular weight is 241 g/mol. The molecule has 1 rings (SSSR count). The Bertz CT molecular complexity index is 273. The number of halogens is 1. The number of hydrogen-bond acceptors (Lipinski definition) is 3. The minimum absolute atomic E-state index is 0. The molecule has 0 spiro atoms. The second kappa shape index (κ2) is 5.70. The fraction of sp³-hybridized carbons (Fsp3) is 0.750. The summed E-state index contributed by atoms with van der Waals surface area (Å²) in [6.45, 7) is 3.48. The molecule has 0 aromatic rings. The molecule has 0 unspecified atom stereocenters. The molecular weight excluding hydrogens is 224 g/mol. The summed E-state index contributed by atoms with van der Waals surface area (Å²) in [4.78, 5) is 0. The van der Waals surface area contributed by atoms with Crippen LogP contribution in [0.1, 0.15) is 19.3 Å². The van der Waals surface area contributed by atoms with E-state index in [1.54, 1.807) is 6.08 Å². The van der Waals surface area contributed by atoms with Gasteiger partial charge in [0.15, 0.2) is 0 Å². The highest BCUT2D eigenvalue weighted by Gasteiger charge is 2.28. The number of nitrogens with one attached hydrogen (secondary N) is 1. The zero-order valence-electron chi connectivity index (χ0n) is 7.98. The van der Waals surface area contributed by atoms with Gasteiger partial charge in [0, 0.05) is 12.1 Å². The predicted octanol–water partition coefficient (Wildman–Crippen LogP) is 0.393. The molecule has 1 saturated carbocycles. The summed E-state index contributed by atoms with van der Waals surface area (Å²) in [6.07, 6.45) is 3.61.